The molecule has 0 unspecified atom stereocenters. The van der Waals surface area contributed by atoms with Crippen LogP contribution in [0.25, 0.3) is 0 Å². The summed E-state index contributed by atoms with van der Waals surface area (Å²) < 4.78 is 0. The van der Waals surface area contributed by atoms with Crippen LogP contribution >= 0.6 is 0 Å². The Labute approximate surface area is 109 Å². The van der Waals surface area contributed by atoms with Gasteiger partial charge in [-0.2, -0.15) is 0 Å². The lowest BCUT2D eigenvalue weighted by molar-refractivity contribution is 0.325. The Bertz CT molecular complexity index is 433. The Kier molecular flexibility index (Phi) is 3.12. The van der Waals surface area contributed by atoms with E-state index in [-0.39, 0.29) is 0 Å². The molecular weight excluding hydrogens is 224 g/mol. The molecule has 0 bridgehead atoms. The standard InChI is InChI=1S/C14H22N4/c1-2-7-17-9-13-12(8-18(15)10-16-13)11-5-3-4-6-14(11)17/h10H,2-9,15H2,1H3. The number of hydrogen-bond donors (Lipinski definition) is 1. The van der Waals surface area contributed by atoms with Crippen molar-refractivity contribution in [3.63, 3.8) is 0 Å². The minimum Gasteiger partial charge on any atom is -0.369 e. The molecule has 0 aromatic heterocycles. The molecule has 4 heteroatoms. The summed E-state index contributed by atoms with van der Waals surface area (Å²) in [6.07, 6.45) is 8.04. The summed E-state index contributed by atoms with van der Waals surface area (Å²) in [4.78, 5) is 7.07. The van der Waals surface area contributed by atoms with Crippen molar-refractivity contribution < 1.29 is 0 Å². The summed E-state index contributed by atoms with van der Waals surface area (Å²) in [7, 11) is 0. The zero-order chi connectivity index (χ0) is 12.5. The molecule has 0 atom stereocenters. The van der Waals surface area contributed by atoms with E-state index in [9.17, 15) is 0 Å². The molecule has 18 heavy (non-hydrogen) atoms. The number of rotatable bonds is 2. The van der Waals surface area contributed by atoms with Crippen LogP contribution in [-0.4, -0.2) is 35.9 Å². The molecule has 0 spiro atoms. The summed E-state index contributed by atoms with van der Waals surface area (Å²) in [6, 6.07) is 0. The second-order valence-corrected chi connectivity index (χ2v) is 5.40. The maximum atomic E-state index is 5.87. The van der Waals surface area contributed by atoms with E-state index in [4.69, 9.17) is 5.84 Å². The highest BCUT2D eigenvalue weighted by molar-refractivity contribution is 5.62. The predicted octanol–water partition coefficient (Wildman–Crippen LogP) is 2.01. The van der Waals surface area contributed by atoms with Crippen molar-refractivity contribution in [1.82, 2.24) is 9.91 Å². The van der Waals surface area contributed by atoms with Gasteiger partial charge in [0.1, 0.15) is 6.34 Å². The average Bonchev–Trinajstić information content (AvgIpc) is 2.40. The molecule has 1 aliphatic carbocycles. The lowest BCUT2D eigenvalue weighted by Crippen LogP contribution is -2.40. The van der Waals surface area contributed by atoms with Gasteiger partial charge >= 0.3 is 0 Å². The highest BCUT2D eigenvalue weighted by Gasteiger charge is 2.29. The summed E-state index contributed by atoms with van der Waals surface area (Å²) in [5.74, 6) is 5.87. The SMILES string of the molecule is CCCN1CC2=C(CN(N)C=N2)C2=C1CCCC2. The molecule has 2 N–H and O–H groups in total. The van der Waals surface area contributed by atoms with Gasteiger partial charge in [-0.05, 0) is 37.7 Å². The number of fused-ring (bicyclic) bond motifs is 1. The zero-order valence-corrected chi connectivity index (χ0v) is 11.2. The van der Waals surface area contributed by atoms with Gasteiger partial charge in [0.25, 0.3) is 0 Å². The third-order valence-corrected chi connectivity index (χ3v) is 4.07. The van der Waals surface area contributed by atoms with Crippen molar-refractivity contribution in [1.29, 1.82) is 0 Å². The van der Waals surface area contributed by atoms with E-state index in [0.29, 0.717) is 0 Å². The van der Waals surface area contributed by atoms with E-state index < -0.39 is 0 Å². The number of nitrogens with zero attached hydrogens (tertiary/aromatic N) is 3. The smallest absolute Gasteiger partial charge is 0.105 e. The topological polar surface area (TPSA) is 44.9 Å². The fraction of sp³-hybridized carbons (Fsp3) is 0.643. The first-order chi connectivity index (χ1) is 8.79. The van der Waals surface area contributed by atoms with Gasteiger partial charge in [0.15, 0.2) is 0 Å². The van der Waals surface area contributed by atoms with E-state index in [0.717, 1.165) is 19.6 Å². The molecule has 0 aromatic carbocycles. The van der Waals surface area contributed by atoms with Crippen LogP contribution in [0.15, 0.2) is 27.5 Å². The van der Waals surface area contributed by atoms with Gasteiger partial charge in [0.05, 0.1) is 18.8 Å². The Morgan fingerprint density at radius 1 is 1.22 bits per heavy atom. The third kappa shape index (κ3) is 1.94. The van der Waals surface area contributed by atoms with Gasteiger partial charge in [-0.3, -0.25) is 5.01 Å². The molecule has 98 valence electrons. The fourth-order valence-electron chi connectivity index (χ4n) is 3.27. The molecule has 0 saturated heterocycles. The predicted molar refractivity (Wildman–Crippen MR) is 73.8 cm³/mol. The largest absolute Gasteiger partial charge is 0.369 e. The normalized spacial score (nSPS) is 23.4. The molecular formula is C14H22N4. The van der Waals surface area contributed by atoms with Crippen LogP contribution < -0.4 is 5.84 Å². The summed E-state index contributed by atoms with van der Waals surface area (Å²) >= 11 is 0. The summed E-state index contributed by atoms with van der Waals surface area (Å²) in [5, 5.41) is 1.70. The first kappa shape index (κ1) is 11.8. The first-order valence-corrected chi connectivity index (χ1v) is 7.04. The Balaban J connectivity index is 1.97. The molecule has 4 nitrogen and oxygen atoms in total. The highest BCUT2D eigenvalue weighted by Crippen LogP contribution is 2.38. The number of allylic oxidation sites excluding steroid dienone is 1. The second-order valence-electron chi connectivity index (χ2n) is 5.40. The summed E-state index contributed by atoms with van der Waals surface area (Å²) in [6.45, 7) is 5.21. The van der Waals surface area contributed by atoms with Gasteiger partial charge in [-0.15, -0.1) is 0 Å². The Hall–Kier alpha value is -1.29. The molecule has 0 fully saturated rings. The minimum atomic E-state index is 0.831. The van der Waals surface area contributed by atoms with Crippen molar-refractivity contribution >= 4 is 6.34 Å². The van der Waals surface area contributed by atoms with Gasteiger partial charge in [-0.25, -0.2) is 10.8 Å². The number of nitrogens with two attached hydrogens (primary N) is 1. The van der Waals surface area contributed by atoms with Crippen molar-refractivity contribution in [3.05, 3.63) is 22.5 Å². The molecule has 0 saturated carbocycles. The van der Waals surface area contributed by atoms with Crippen LogP contribution in [0, 0.1) is 0 Å². The van der Waals surface area contributed by atoms with Crippen LogP contribution in [0.1, 0.15) is 39.0 Å². The zero-order valence-electron chi connectivity index (χ0n) is 11.2. The van der Waals surface area contributed by atoms with E-state index >= 15 is 0 Å². The van der Waals surface area contributed by atoms with E-state index in [1.54, 1.807) is 22.6 Å². The highest BCUT2D eigenvalue weighted by atomic mass is 15.4. The third-order valence-electron chi connectivity index (χ3n) is 4.07. The Morgan fingerprint density at radius 2 is 2.06 bits per heavy atom. The van der Waals surface area contributed by atoms with Crippen molar-refractivity contribution in [2.24, 2.45) is 10.8 Å². The van der Waals surface area contributed by atoms with Crippen LogP contribution in [0.2, 0.25) is 0 Å². The van der Waals surface area contributed by atoms with Crippen LogP contribution in [0.5, 0.6) is 0 Å². The first-order valence-electron chi connectivity index (χ1n) is 7.04. The molecule has 2 aliphatic heterocycles. The van der Waals surface area contributed by atoms with Gasteiger partial charge in [0.2, 0.25) is 0 Å². The second kappa shape index (κ2) is 4.76. The number of aliphatic imine (C=N–C) groups is 1. The number of hydrazine groups is 1. The van der Waals surface area contributed by atoms with Crippen LogP contribution in [0.3, 0.4) is 0 Å². The van der Waals surface area contributed by atoms with Crippen molar-refractivity contribution in [2.45, 2.75) is 39.0 Å². The molecule has 0 aromatic rings. The maximum absolute atomic E-state index is 5.87. The van der Waals surface area contributed by atoms with Gasteiger partial charge in [0, 0.05) is 17.8 Å². The minimum absolute atomic E-state index is 0.831. The van der Waals surface area contributed by atoms with Crippen LogP contribution in [0.4, 0.5) is 0 Å². The number of hydrogen-bond acceptors (Lipinski definition) is 4. The van der Waals surface area contributed by atoms with E-state index in [1.165, 1.54) is 43.4 Å². The van der Waals surface area contributed by atoms with Crippen molar-refractivity contribution in [3.8, 4) is 0 Å². The van der Waals surface area contributed by atoms with Gasteiger partial charge in [-0.1, -0.05) is 6.92 Å². The van der Waals surface area contributed by atoms with E-state index in [2.05, 4.69) is 16.8 Å². The maximum Gasteiger partial charge on any atom is 0.105 e. The monoisotopic (exact) mass is 246 g/mol. The lowest BCUT2D eigenvalue weighted by Gasteiger charge is -2.39. The van der Waals surface area contributed by atoms with Crippen molar-refractivity contribution in [2.75, 3.05) is 19.6 Å². The molecule has 0 radical (unpaired) electrons. The van der Waals surface area contributed by atoms with Gasteiger partial charge < -0.3 is 4.90 Å². The summed E-state index contributed by atoms with van der Waals surface area (Å²) in [5.41, 5.74) is 5.77. The Morgan fingerprint density at radius 3 is 2.89 bits per heavy atom. The lowest BCUT2D eigenvalue weighted by atomic mass is 9.86. The van der Waals surface area contributed by atoms with E-state index in [1.807, 2.05) is 0 Å². The molecule has 2 heterocycles. The van der Waals surface area contributed by atoms with Crippen LogP contribution in [-0.2, 0) is 0 Å². The molecule has 0 amide bonds. The fourth-order valence-corrected chi connectivity index (χ4v) is 3.27. The average molecular weight is 246 g/mol. The molecule has 3 aliphatic rings. The quantitative estimate of drug-likeness (QED) is 0.758. The molecule has 3 rings (SSSR count).